The molecule has 1 amide bonds. The second-order valence-corrected chi connectivity index (χ2v) is 8.07. The Morgan fingerprint density at radius 3 is 2.64 bits per heavy atom. The van der Waals surface area contributed by atoms with Gasteiger partial charge < -0.3 is 10.0 Å². The fourth-order valence-corrected chi connectivity index (χ4v) is 4.42. The molecule has 1 aromatic rings. The second-order valence-electron chi connectivity index (χ2n) is 8.07. The van der Waals surface area contributed by atoms with E-state index in [-0.39, 0.29) is 30.2 Å². The summed E-state index contributed by atoms with van der Waals surface area (Å²) in [5.74, 6) is -0.835. The third-order valence-electron chi connectivity index (χ3n) is 5.93. The van der Waals surface area contributed by atoms with Gasteiger partial charge in [-0.05, 0) is 57.0 Å². The van der Waals surface area contributed by atoms with Gasteiger partial charge in [-0.25, -0.2) is 4.39 Å². The topological polar surface area (TPSA) is 64.1 Å². The van der Waals surface area contributed by atoms with Crippen LogP contribution in [0.1, 0.15) is 31.2 Å². The van der Waals surface area contributed by atoms with Crippen molar-refractivity contribution >= 4 is 11.9 Å². The number of hydrogen-bond donors (Lipinski definition) is 1. The number of benzene rings is 1. The number of piperidine rings is 2. The zero-order valence-corrected chi connectivity index (χ0v) is 16.5. The third-order valence-corrected chi connectivity index (χ3v) is 5.93. The lowest BCUT2D eigenvalue weighted by molar-refractivity contribution is -0.141. The Hall–Kier alpha value is -1.99. The van der Waals surface area contributed by atoms with Crippen LogP contribution in [0.3, 0.4) is 0 Å². The first kappa shape index (κ1) is 20.7. The molecule has 0 saturated carbocycles. The molecule has 7 heteroatoms. The quantitative estimate of drug-likeness (QED) is 0.804. The minimum absolute atomic E-state index is 0.00407. The molecule has 0 radical (unpaired) electrons. The standard InChI is InChI=1S/C21H30FN3O3/c1-23(15-20(26)27)19-7-10-25(11-8-19)21(28)17-5-3-9-24(14-17)13-16-4-2-6-18(22)12-16/h2,4,6,12,17,19H,3,5,7-11,13-15H2,1H3,(H,26,27). The summed E-state index contributed by atoms with van der Waals surface area (Å²) >= 11 is 0. The van der Waals surface area contributed by atoms with E-state index in [1.165, 1.54) is 6.07 Å². The molecule has 28 heavy (non-hydrogen) atoms. The molecule has 0 aliphatic carbocycles. The summed E-state index contributed by atoms with van der Waals surface area (Å²) in [7, 11) is 1.84. The van der Waals surface area contributed by atoms with Gasteiger partial charge in [-0.1, -0.05) is 12.1 Å². The van der Waals surface area contributed by atoms with Crippen LogP contribution in [0.2, 0.25) is 0 Å². The molecule has 3 rings (SSSR count). The summed E-state index contributed by atoms with van der Waals surface area (Å²) < 4.78 is 13.4. The summed E-state index contributed by atoms with van der Waals surface area (Å²) in [4.78, 5) is 29.9. The first-order chi connectivity index (χ1) is 13.4. The highest BCUT2D eigenvalue weighted by molar-refractivity contribution is 5.79. The number of carbonyl (C=O) groups excluding carboxylic acids is 1. The summed E-state index contributed by atoms with van der Waals surface area (Å²) in [6.07, 6.45) is 3.51. The van der Waals surface area contributed by atoms with E-state index in [0.29, 0.717) is 26.2 Å². The Bertz CT molecular complexity index is 691. The molecule has 0 bridgehead atoms. The average molecular weight is 391 g/mol. The number of carboxylic acids is 1. The van der Waals surface area contributed by atoms with E-state index in [4.69, 9.17) is 5.11 Å². The zero-order valence-electron chi connectivity index (χ0n) is 16.5. The Labute approximate surface area is 165 Å². The van der Waals surface area contributed by atoms with Crippen LogP contribution in [0.4, 0.5) is 4.39 Å². The van der Waals surface area contributed by atoms with Crippen molar-refractivity contribution in [2.45, 2.75) is 38.3 Å². The van der Waals surface area contributed by atoms with Crippen LogP contribution in [0, 0.1) is 11.7 Å². The van der Waals surface area contributed by atoms with Crippen molar-refractivity contribution in [3.63, 3.8) is 0 Å². The minimum atomic E-state index is -0.818. The van der Waals surface area contributed by atoms with Crippen molar-refractivity contribution < 1.29 is 19.1 Å². The smallest absolute Gasteiger partial charge is 0.317 e. The molecule has 2 aliphatic rings. The van der Waals surface area contributed by atoms with Gasteiger partial charge in [-0.2, -0.15) is 0 Å². The number of carbonyl (C=O) groups is 2. The molecule has 6 nitrogen and oxygen atoms in total. The van der Waals surface area contributed by atoms with Crippen LogP contribution in [0.15, 0.2) is 24.3 Å². The van der Waals surface area contributed by atoms with Crippen LogP contribution in [-0.4, -0.2) is 77.5 Å². The van der Waals surface area contributed by atoms with Gasteiger partial charge in [-0.15, -0.1) is 0 Å². The number of likely N-dealkylation sites (N-methyl/N-ethyl adjacent to an activating group) is 1. The molecule has 2 saturated heterocycles. The van der Waals surface area contributed by atoms with Crippen molar-refractivity contribution in [1.82, 2.24) is 14.7 Å². The minimum Gasteiger partial charge on any atom is -0.480 e. The van der Waals surface area contributed by atoms with Gasteiger partial charge >= 0.3 is 5.97 Å². The van der Waals surface area contributed by atoms with Gasteiger partial charge in [0.25, 0.3) is 0 Å². The first-order valence-electron chi connectivity index (χ1n) is 10.1. The highest BCUT2D eigenvalue weighted by Gasteiger charge is 2.32. The number of likely N-dealkylation sites (tertiary alicyclic amines) is 2. The number of rotatable bonds is 6. The maximum atomic E-state index is 13.4. The Balaban J connectivity index is 1.50. The van der Waals surface area contributed by atoms with Crippen LogP contribution in [0.25, 0.3) is 0 Å². The number of amides is 1. The van der Waals surface area contributed by atoms with Gasteiger partial charge in [0.2, 0.25) is 5.91 Å². The number of nitrogens with zero attached hydrogens (tertiary/aromatic N) is 3. The maximum Gasteiger partial charge on any atom is 0.317 e. The van der Waals surface area contributed by atoms with Gasteiger partial charge in [0.15, 0.2) is 0 Å². The van der Waals surface area contributed by atoms with E-state index in [1.807, 2.05) is 22.9 Å². The Morgan fingerprint density at radius 1 is 1.21 bits per heavy atom. The van der Waals surface area contributed by atoms with E-state index < -0.39 is 5.97 Å². The number of aliphatic carboxylic acids is 1. The molecule has 2 heterocycles. The van der Waals surface area contributed by atoms with E-state index in [1.54, 1.807) is 12.1 Å². The lowest BCUT2D eigenvalue weighted by Crippen LogP contribution is -2.50. The first-order valence-corrected chi connectivity index (χ1v) is 10.1. The van der Waals surface area contributed by atoms with E-state index in [2.05, 4.69) is 4.90 Å². The molecule has 2 aliphatic heterocycles. The van der Waals surface area contributed by atoms with Gasteiger partial charge in [-0.3, -0.25) is 19.4 Å². The van der Waals surface area contributed by atoms with Crippen molar-refractivity contribution in [2.75, 3.05) is 39.8 Å². The average Bonchev–Trinajstić information content (AvgIpc) is 2.67. The Kier molecular flexibility index (Phi) is 7.02. The number of halogens is 1. The number of hydrogen-bond acceptors (Lipinski definition) is 4. The van der Waals surface area contributed by atoms with Crippen LogP contribution >= 0.6 is 0 Å². The molecule has 154 valence electrons. The summed E-state index contributed by atoms with van der Waals surface area (Å²) in [5.41, 5.74) is 0.940. The van der Waals surface area contributed by atoms with Gasteiger partial charge in [0.05, 0.1) is 12.5 Å². The van der Waals surface area contributed by atoms with Gasteiger partial charge in [0.1, 0.15) is 5.82 Å². The van der Waals surface area contributed by atoms with Crippen molar-refractivity contribution in [3.8, 4) is 0 Å². The highest BCUT2D eigenvalue weighted by atomic mass is 19.1. The Morgan fingerprint density at radius 2 is 1.96 bits per heavy atom. The largest absolute Gasteiger partial charge is 0.480 e. The molecular formula is C21H30FN3O3. The molecular weight excluding hydrogens is 361 g/mol. The molecule has 1 N–H and O–H groups in total. The van der Waals surface area contributed by atoms with E-state index in [0.717, 1.165) is 37.8 Å². The fourth-order valence-electron chi connectivity index (χ4n) is 4.42. The van der Waals surface area contributed by atoms with Crippen LogP contribution in [-0.2, 0) is 16.1 Å². The van der Waals surface area contributed by atoms with Crippen molar-refractivity contribution in [2.24, 2.45) is 5.92 Å². The summed E-state index contributed by atoms with van der Waals surface area (Å²) in [6.45, 7) is 3.73. The summed E-state index contributed by atoms with van der Waals surface area (Å²) in [6, 6.07) is 6.87. The lowest BCUT2D eigenvalue weighted by Gasteiger charge is -2.39. The molecule has 1 aromatic carbocycles. The molecule has 1 unspecified atom stereocenters. The molecule has 0 spiro atoms. The van der Waals surface area contributed by atoms with E-state index in [9.17, 15) is 14.0 Å². The predicted octanol–water partition coefficient (Wildman–Crippen LogP) is 2.05. The van der Waals surface area contributed by atoms with Crippen LogP contribution < -0.4 is 0 Å². The lowest BCUT2D eigenvalue weighted by atomic mass is 9.94. The van der Waals surface area contributed by atoms with Crippen molar-refractivity contribution in [1.29, 1.82) is 0 Å². The van der Waals surface area contributed by atoms with E-state index >= 15 is 0 Å². The number of carboxylic acid groups (broad SMARTS) is 1. The molecule has 1 atom stereocenters. The fraction of sp³-hybridized carbons (Fsp3) is 0.619. The maximum absolute atomic E-state index is 13.4. The molecule has 2 fully saturated rings. The zero-order chi connectivity index (χ0) is 20.1. The second kappa shape index (κ2) is 9.47. The predicted molar refractivity (Wildman–Crippen MR) is 104 cm³/mol. The van der Waals surface area contributed by atoms with Gasteiger partial charge in [0, 0.05) is 32.2 Å². The SMILES string of the molecule is CN(CC(=O)O)C1CCN(C(=O)C2CCCN(Cc3cccc(F)c3)C2)CC1. The monoisotopic (exact) mass is 391 g/mol. The normalized spacial score (nSPS) is 21.8. The van der Waals surface area contributed by atoms with Crippen LogP contribution in [0.5, 0.6) is 0 Å². The van der Waals surface area contributed by atoms with Crippen molar-refractivity contribution in [3.05, 3.63) is 35.6 Å². The third kappa shape index (κ3) is 5.52. The summed E-state index contributed by atoms with van der Waals surface area (Å²) in [5, 5.41) is 8.94. The highest BCUT2D eigenvalue weighted by Crippen LogP contribution is 2.23. The molecule has 0 aromatic heterocycles.